The van der Waals surface area contributed by atoms with Crippen molar-refractivity contribution in [3.05, 3.63) is 75.0 Å². The van der Waals surface area contributed by atoms with E-state index in [0.29, 0.717) is 26.4 Å². The van der Waals surface area contributed by atoms with Gasteiger partial charge in [0, 0.05) is 28.5 Å². The quantitative estimate of drug-likeness (QED) is 0.595. The van der Waals surface area contributed by atoms with E-state index in [9.17, 15) is 4.79 Å². The smallest absolute Gasteiger partial charge is 0.278 e. The number of nitrogens with zero attached hydrogens (tertiary/aromatic N) is 3. The summed E-state index contributed by atoms with van der Waals surface area (Å²) < 4.78 is 1.63. The number of aryl methyl sites for hydroxylation is 1. The van der Waals surface area contributed by atoms with Gasteiger partial charge in [-0.1, -0.05) is 34.8 Å². The summed E-state index contributed by atoms with van der Waals surface area (Å²) in [6, 6.07) is 13.9. The molecule has 1 heterocycles. The fourth-order valence-electron chi connectivity index (χ4n) is 2.43. The normalized spacial score (nSPS) is 10.8. The first kappa shape index (κ1) is 17.8. The number of amides is 1. The molecule has 0 atom stereocenters. The fraction of sp³-hybridized carbons (Fsp3) is 0.111. The van der Waals surface area contributed by atoms with Gasteiger partial charge >= 0.3 is 0 Å². The van der Waals surface area contributed by atoms with Crippen LogP contribution in [-0.4, -0.2) is 22.7 Å². The minimum atomic E-state index is -0.228. The number of rotatable bonds is 3. The molecule has 0 bridgehead atoms. The van der Waals surface area contributed by atoms with Gasteiger partial charge in [0.15, 0.2) is 5.69 Å². The number of aromatic nitrogens is 2. The molecule has 1 amide bonds. The highest BCUT2D eigenvalue weighted by molar-refractivity contribution is 6.35. The Hall–Kier alpha value is -2.01. The van der Waals surface area contributed by atoms with Gasteiger partial charge in [-0.25, -0.2) is 4.68 Å². The van der Waals surface area contributed by atoms with Crippen LogP contribution in [0.3, 0.4) is 0 Å². The first-order valence-corrected chi connectivity index (χ1v) is 8.56. The molecule has 0 aliphatic heterocycles. The predicted molar refractivity (Wildman–Crippen MR) is 103 cm³/mol. The van der Waals surface area contributed by atoms with Gasteiger partial charge in [0.2, 0.25) is 0 Å². The highest BCUT2D eigenvalue weighted by atomic mass is 35.5. The van der Waals surface area contributed by atoms with Crippen LogP contribution in [0.25, 0.3) is 5.69 Å². The molecule has 128 valence electrons. The van der Waals surface area contributed by atoms with Gasteiger partial charge in [-0.15, -0.1) is 0 Å². The molecule has 0 saturated carbocycles. The number of hydrogen-bond donors (Lipinski definition) is 0. The van der Waals surface area contributed by atoms with Crippen molar-refractivity contribution in [2.45, 2.75) is 6.92 Å². The van der Waals surface area contributed by atoms with Crippen LogP contribution < -0.4 is 4.90 Å². The van der Waals surface area contributed by atoms with Crippen LogP contribution in [0, 0.1) is 6.92 Å². The Bertz CT molecular complexity index is 935. The number of carbonyl (C=O) groups is 1. The topological polar surface area (TPSA) is 38.1 Å². The van der Waals surface area contributed by atoms with Gasteiger partial charge in [0.1, 0.15) is 0 Å². The number of anilines is 1. The molecule has 2 aromatic carbocycles. The molecule has 0 N–H and O–H groups in total. The Kier molecular flexibility index (Phi) is 5.04. The van der Waals surface area contributed by atoms with Crippen LogP contribution in [0.4, 0.5) is 5.69 Å². The van der Waals surface area contributed by atoms with Gasteiger partial charge in [-0.05, 0) is 55.5 Å². The Balaban J connectivity index is 1.93. The number of carbonyl (C=O) groups excluding carboxylic acids is 1. The van der Waals surface area contributed by atoms with E-state index in [-0.39, 0.29) is 5.91 Å². The van der Waals surface area contributed by atoms with E-state index in [1.165, 1.54) is 4.90 Å². The molecule has 0 radical (unpaired) electrons. The Labute approximate surface area is 160 Å². The molecule has 3 rings (SSSR count). The molecule has 0 unspecified atom stereocenters. The largest absolute Gasteiger partial charge is 0.310 e. The van der Waals surface area contributed by atoms with Crippen molar-refractivity contribution >= 4 is 46.4 Å². The number of halogens is 3. The van der Waals surface area contributed by atoms with E-state index in [0.717, 1.165) is 11.4 Å². The van der Waals surface area contributed by atoms with Crippen LogP contribution in [0.5, 0.6) is 0 Å². The van der Waals surface area contributed by atoms with Gasteiger partial charge in [-0.3, -0.25) is 4.79 Å². The van der Waals surface area contributed by atoms with Crippen molar-refractivity contribution in [3.8, 4) is 5.69 Å². The van der Waals surface area contributed by atoms with E-state index >= 15 is 0 Å². The molecular formula is C18H14Cl3N3O. The van der Waals surface area contributed by atoms with E-state index in [1.54, 1.807) is 60.3 Å². The standard InChI is InChI=1S/C18H14Cl3N3O/c1-11-9-16(18(25)23(2)14-6-3-12(19)4-7-14)22-24(11)17-8-5-13(20)10-15(17)21/h3-10H,1-2H3. The fourth-order valence-corrected chi connectivity index (χ4v) is 3.04. The maximum absolute atomic E-state index is 12.7. The molecule has 4 nitrogen and oxygen atoms in total. The second kappa shape index (κ2) is 7.08. The summed E-state index contributed by atoms with van der Waals surface area (Å²) >= 11 is 18.1. The molecule has 25 heavy (non-hydrogen) atoms. The monoisotopic (exact) mass is 393 g/mol. The minimum absolute atomic E-state index is 0.228. The van der Waals surface area contributed by atoms with Crippen LogP contribution in [-0.2, 0) is 0 Å². The lowest BCUT2D eigenvalue weighted by Crippen LogP contribution is -2.26. The first-order valence-electron chi connectivity index (χ1n) is 7.42. The Morgan fingerprint density at radius 2 is 1.64 bits per heavy atom. The molecule has 7 heteroatoms. The molecule has 1 aromatic heterocycles. The van der Waals surface area contributed by atoms with E-state index < -0.39 is 0 Å². The summed E-state index contributed by atoms with van der Waals surface area (Å²) in [5, 5.41) is 6.02. The predicted octanol–water partition coefficient (Wildman–Crippen LogP) is 5.42. The summed E-state index contributed by atoms with van der Waals surface area (Å²) in [6.07, 6.45) is 0. The van der Waals surface area contributed by atoms with Gasteiger partial charge < -0.3 is 4.90 Å². The third-order valence-corrected chi connectivity index (χ3v) is 4.55. The molecule has 0 aliphatic carbocycles. The minimum Gasteiger partial charge on any atom is -0.310 e. The third kappa shape index (κ3) is 3.66. The van der Waals surface area contributed by atoms with Crippen molar-refractivity contribution < 1.29 is 4.79 Å². The molecule has 0 fully saturated rings. The van der Waals surface area contributed by atoms with Crippen molar-refractivity contribution in [2.24, 2.45) is 0 Å². The van der Waals surface area contributed by atoms with E-state index in [4.69, 9.17) is 34.8 Å². The Morgan fingerprint density at radius 3 is 2.28 bits per heavy atom. The number of benzene rings is 2. The lowest BCUT2D eigenvalue weighted by Gasteiger charge is -2.16. The van der Waals surface area contributed by atoms with E-state index in [2.05, 4.69) is 5.10 Å². The van der Waals surface area contributed by atoms with Crippen LogP contribution >= 0.6 is 34.8 Å². The van der Waals surface area contributed by atoms with Crippen LogP contribution in [0.15, 0.2) is 48.5 Å². The molecule has 0 spiro atoms. The van der Waals surface area contributed by atoms with Crippen LogP contribution in [0.1, 0.15) is 16.2 Å². The van der Waals surface area contributed by atoms with Crippen LogP contribution in [0.2, 0.25) is 15.1 Å². The second-order valence-electron chi connectivity index (χ2n) is 5.52. The lowest BCUT2D eigenvalue weighted by atomic mass is 10.2. The van der Waals surface area contributed by atoms with Gasteiger partial charge in [0.25, 0.3) is 5.91 Å². The van der Waals surface area contributed by atoms with E-state index in [1.807, 2.05) is 6.92 Å². The maximum Gasteiger partial charge on any atom is 0.278 e. The van der Waals surface area contributed by atoms with Gasteiger partial charge in [0.05, 0.1) is 10.7 Å². The zero-order valence-corrected chi connectivity index (χ0v) is 15.8. The highest BCUT2D eigenvalue weighted by Crippen LogP contribution is 2.26. The summed E-state index contributed by atoms with van der Waals surface area (Å²) in [7, 11) is 1.69. The van der Waals surface area contributed by atoms with Crippen molar-refractivity contribution in [2.75, 3.05) is 11.9 Å². The summed E-state index contributed by atoms with van der Waals surface area (Å²) in [6.45, 7) is 1.86. The molecule has 3 aromatic rings. The molecular weight excluding hydrogens is 381 g/mol. The van der Waals surface area contributed by atoms with Crippen molar-refractivity contribution in [1.29, 1.82) is 0 Å². The van der Waals surface area contributed by atoms with Crippen molar-refractivity contribution in [3.63, 3.8) is 0 Å². The van der Waals surface area contributed by atoms with Gasteiger partial charge in [-0.2, -0.15) is 5.10 Å². The zero-order valence-electron chi connectivity index (χ0n) is 13.5. The third-order valence-electron chi connectivity index (χ3n) is 3.76. The highest BCUT2D eigenvalue weighted by Gasteiger charge is 2.19. The van der Waals surface area contributed by atoms with Crippen molar-refractivity contribution in [1.82, 2.24) is 9.78 Å². The maximum atomic E-state index is 12.7. The lowest BCUT2D eigenvalue weighted by molar-refractivity contribution is 0.0988. The summed E-state index contributed by atoms with van der Waals surface area (Å²) in [5.41, 5.74) is 2.50. The SMILES string of the molecule is Cc1cc(C(=O)N(C)c2ccc(Cl)cc2)nn1-c1ccc(Cl)cc1Cl. The zero-order chi connectivity index (χ0) is 18.1. The summed E-state index contributed by atoms with van der Waals surface area (Å²) in [5.74, 6) is -0.228. The second-order valence-corrected chi connectivity index (χ2v) is 6.80. The average molecular weight is 395 g/mol. The molecule has 0 aliphatic rings. The summed E-state index contributed by atoms with van der Waals surface area (Å²) in [4.78, 5) is 14.2. The average Bonchev–Trinajstić information content (AvgIpc) is 2.96. The molecule has 0 saturated heterocycles. The first-order chi connectivity index (χ1) is 11.9. The number of hydrogen-bond acceptors (Lipinski definition) is 2. The Morgan fingerprint density at radius 1 is 1.00 bits per heavy atom.